The van der Waals surface area contributed by atoms with Crippen LogP contribution in [0.3, 0.4) is 0 Å². The van der Waals surface area contributed by atoms with E-state index in [1.54, 1.807) is 0 Å². The number of hydrogen-bond donors (Lipinski definition) is 0. The third kappa shape index (κ3) is 2.83. The number of benzene rings is 1. The summed E-state index contributed by atoms with van der Waals surface area (Å²) in [7, 11) is -4.29. The predicted octanol–water partition coefficient (Wildman–Crippen LogP) is 3.33. The van der Waals surface area contributed by atoms with E-state index in [1.807, 2.05) is 0 Å². The number of sulfone groups is 1. The standard InChI is InChI=1S/C11H7F4NO2S2/c12-7-2-1-3-8(13)6(7)4-20(17,18)11-9(10(14)15)16-5-19-11/h1-3,5,10H,4H2. The Kier molecular flexibility index (Phi) is 4.09. The summed E-state index contributed by atoms with van der Waals surface area (Å²) >= 11 is 0.492. The van der Waals surface area contributed by atoms with Gasteiger partial charge in [0.05, 0.1) is 11.3 Å². The van der Waals surface area contributed by atoms with Crippen LogP contribution in [0.5, 0.6) is 0 Å². The SMILES string of the molecule is O=S(=O)(Cc1c(F)cccc1F)c1scnc1C(F)F. The van der Waals surface area contributed by atoms with Crippen LogP contribution in [0.1, 0.15) is 17.7 Å². The molecule has 3 nitrogen and oxygen atoms in total. The van der Waals surface area contributed by atoms with Crippen molar-refractivity contribution >= 4 is 21.2 Å². The van der Waals surface area contributed by atoms with Crippen molar-refractivity contribution in [3.05, 3.63) is 46.6 Å². The van der Waals surface area contributed by atoms with E-state index >= 15 is 0 Å². The maximum atomic E-state index is 13.4. The van der Waals surface area contributed by atoms with E-state index in [2.05, 4.69) is 4.98 Å². The monoisotopic (exact) mass is 325 g/mol. The third-order valence-electron chi connectivity index (χ3n) is 2.45. The summed E-state index contributed by atoms with van der Waals surface area (Å²) in [5, 5.41) is 0. The number of aromatic nitrogens is 1. The molecule has 1 heterocycles. The molecular weight excluding hydrogens is 318 g/mol. The van der Waals surface area contributed by atoms with Gasteiger partial charge in [-0.25, -0.2) is 31.0 Å². The first-order chi connectivity index (χ1) is 9.33. The zero-order valence-corrected chi connectivity index (χ0v) is 11.3. The maximum absolute atomic E-state index is 13.4. The Labute approximate surface area is 115 Å². The number of nitrogens with zero attached hydrogens (tertiary/aromatic N) is 1. The van der Waals surface area contributed by atoms with Crippen molar-refractivity contribution in [2.45, 2.75) is 16.4 Å². The average molecular weight is 325 g/mol. The lowest BCUT2D eigenvalue weighted by Crippen LogP contribution is -2.09. The fourth-order valence-corrected chi connectivity index (χ4v) is 4.21. The molecule has 0 amide bonds. The molecule has 0 aliphatic rings. The van der Waals surface area contributed by atoms with Crippen LogP contribution in [0.2, 0.25) is 0 Å². The minimum absolute atomic E-state index is 0.492. The topological polar surface area (TPSA) is 47.0 Å². The highest BCUT2D eigenvalue weighted by molar-refractivity contribution is 7.92. The van der Waals surface area contributed by atoms with Crippen molar-refractivity contribution in [1.29, 1.82) is 0 Å². The molecule has 2 rings (SSSR count). The van der Waals surface area contributed by atoms with Gasteiger partial charge in [-0.3, -0.25) is 0 Å². The first kappa shape index (κ1) is 14.9. The highest BCUT2D eigenvalue weighted by Crippen LogP contribution is 2.31. The summed E-state index contributed by atoms with van der Waals surface area (Å²) < 4.78 is 75.4. The summed E-state index contributed by atoms with van der Waals surface area (Å²) in [5.74, 6) is -3.12. The van der Waals surface area contributed by atoms with Gasteiger partial charge in [0, 0.05) is 5.56 Å². The molecule has 0 unspecified atom stereocenters. The van der Waals surface area contributed by atoms with Gasteiger partial charge in [-0.2, -0.15) is 0 Å². The van der Waals surface area contributed by atoms with Crippen molar-refractivity contribution in [3.63, 3.8) is 0 Å². The molecule has 0 saturated heterocycles. The highest BCUT2D eigenvalue weighted by Gasteiger charge is 2.28. The summed E-state index contributed by atoms with van der Waals surface area (Å²) in [6.45, 7) is 0. The molecule has 0 saturated carbocycles. The molecule has 0 fully saturated rings. The number of hydrogen-bond acceptors (Lipinski definition) is 4. The van der Waals surface area contributed by atoms with Gasteiger partial charge in [-0.1, -0.05) is 6.07 Å². The fourth-order valence-electron chi connectivity index (χ4n) is 1.55. The Morgan fingerprint density at radius 2 is 1.80 bits per heavy atom. The predicted molar refractivity (Wildman–Crippen MR) is 64.3 cm³/mol. The van der Waals surface area contributed by atoms with Gasteiger partial charge in [0.1, 0.15) is 21.5 Å². The number of halogens is 4. The molecule has 1 aromatic carbocycles. The van der Waals surface area contributed by atoms with E-state index in [0.717, 1.165) is 23.7 Å². The summed E-state index contributed by atoms with van der Waals surface area (Å²) in [4.78, 5) is 3.27. The van der Waals surface area contributed by atoms with Crippen molar-refractivity contribution in [1.82, 2.24) is 4.98 Å². The third-order valence-corrected chi connectivity index (χ3v) is 5.57. The lowest BCUT2D eigenvalue weighted by molar-refractivity contribution is 0.143. The van der Waals surface area contributed by atoms with Crippen LogP contribution in [0, 0.1) is 11.6 Å². The molecule has 1 aromatic heterocycles. The van der Waals surface area contributed by atoms with Crippen LogP contribution in [-0.4, -0.2) is 13.4 Å². The second kappa shape index (κ2) is 5.49. The number of rotatable bonds is 4. The Morgan fingerprint density at radius 3 is 2.35 bits per heavy atom. The van der Waals surface area contributed by atoms with Crippen molar-refractivity contribution in [3.8, 4) is 0 Å². The maximum Gasteiger partial charge on any atom is 0.282 e. The first-order valence-electron chi connectivity index (χ1n) is 5.20. The molecular formula is C11H7F4NO2S2. The van der Waals surface area contributed by atoms with Crippen molar-refractivity contribution in [2.24, 2.45) is 0 Å². The quantitative estimate of drug-likeness (QED) is 0.810. The van der Waals surface area contributed by atoms with E-state index in [1.165, 1.54) is 0 Å². The number of alkyl halides is 2. The summed E-state index contributed by atoms with van der Waals surface area (Å²) in [6, 6.07) is 2.88. The van der Waals surface area contributed by atoms with E-state index in [-0.39, 0.29) is 0 Å². The molecule has 0 radical (unpaired) electrons. The summed E-state index contributed by atoms with van der Waals surface area (Å²) in [6.07, 6.45) is -3.07. The Morgan fingerprint density at radius 1 is 1.20 bits per heavy atom. The molecule has 0 spiro atoms. The van der Waals surface area contributed by atoms with Crippen LogP contribution in [0.25, 0.3) is 0 Å². The van der Waals surface area contributed by atoms with E-state index < -0.39 is 49.1 Å². The Balaban J connectivity index is 2.44. The lowest BCUT2D eigenvalue weighted by Gasteiger charge is -2.06. The normalized spacial score (nSPS) is 12.1. The molecule has 0 bridgehead atoms. The largest absolute Gasteiger partial charge is 0.282 e. The second-order valence-electron chi connectivity index (χ2n) is 3.79. The first-order valence-corrected chi connectivity index (χ1v) is 7.73. The molecule has 0 atom stereocenters. The molecule has 9 heteroatoms. The van der Waals surface area contributed by atoms with E-state index in [4.69, 9.17) is 0 Å². The van der Waals surface area contributed by atoms with Crippen LogP contribution < -0.4 is 0 Å². The summed E-state index contributed by atoms with van der Waals surface area (Å²) in [5.41, 5.74) is -0.626. The van der Waals surface area contributed by atoms with Crippen molar-refractivity contribution < 1.29 is 26.0 Å². The zero-order chi connectivity index (χ0) is 14.9. The molecule has 0 N–H and O–H groups in total. The van der Waals surface area contributed by atoms with E-state index in [9.17, 15) is 26.0 Å². The van der Waals surface area contributed by atoms with Gasteiger partial charge in [-0.15, -0.1) is 11.3 Å². The van der Waals surface area contributed by atoms with Crippen LogP contribution in [0.4, 0.5) is 17.6 Å². The molecule has 2 aromatic rings. The Bertz CT molecular complexity index is 708. The average Bonchev–Trinajstić information content (AvgIpc) is 2.84. The highest BCUT2D eigenvalue weighted by atomic mass is 32.2. The minimum atomic E-state index is -4.29. The van der Waals surface area contributed by atoms with Gasteiger partial charge < -0.3 is 0 Å². The van der Waals surface area contributed by atoms with Crippen LogP contribution in [0.15, 0.2) is 27.9 Å². The van der Waals surface area contributed by atoms with Crippen LogP contribution >= 0.6 is 11.3 Å². The van der Waals surface area contributed by atoms with Gasteiger partial charge in [0.25, 0.3) is 6.43 Å². The smallest absolute Gasteiger partial charge is 0.242 e. The van der Waals surface area contributed by atoms with Crippen LogP contribution in [-0.2, 0) is 15.6 Å². The Hall–Kier alpha value is -1.48. The van der Waals surface area contributed by atoms with Gasteiger partial charge in [0.15, 0.2) is 9.84 Å². The molecule has 0 aliphatic carbocycles. The van der Waals surface area contributed by atoms with Crippen molar-refractivity contribution in [2.75, 3.05) is 0 Å². The second-order valence-corrected chi connectivity index (χ2v) is 6.82. The van der Waals surface area contributed by atoms with Gasteiger partial charge in [0.2, 0.25) is 0 Å². The van der Waals surface area contributed by atoms with E-state index in [0.29, 0.717) is 11.3 Å². The minimum Gasteiger partial charge on any atom is -0.242 e. The van der Waals surface area contributed by atoms with Gasteiger partial charge >= 0.3 is 0 Å². The lowest BCUT2D eigenvalue weighted by atomic mass is 10.2. The molecule has 108 valence electrons. The zero-order valence-electron chi connectivity index (χ0n) is 9.69. The number of thiazole rings is 1. The molecule has 20 heavy (non-hydrogen) atoms. The fraction of sp³-hybridized carbons (Fsp3) is 0.182. The van der Waals surface area contributed by atoms with Gasteiger partial charge in [-0.05, 0) is 12.1 Å². The molecule has 0 aliphatic heterocycles.